The quantitative estimate of drug-likeness (QED) is 0.589. The van der Waals surface area contributed by atoms with E-state index >= 15 is 0 Å². The second kappa shape index (κ2) is 11.3. The fourth-order valence-electron chi connectivity index (χ4n) is 3.25. The summed E-state index contributed by atoms with van der Waals surface area (Å²) in [4.78, 5) is 36.3. The molecule has 1 N–H and O–H groups in total. The van der Waals surface area contributed by atoms with Crippen molar-refractivity contribution < 1.29 is 28.6 Å². The van der Waals surface area contributed by atoms with Gasteiger partial charge in [-0.15, -0.1) is 0 Å². The SMILES string of the molecule is CC(=O)[C@@H](Cc1ccccc1)NC(=O)COC(=O)c1ccc(OC[C@H]2CCCO2)cc1. The Bertz CT molecular complexity index is 875. The zero-order valence-corrected chi connectivity index (χ0v) is 17.5. The van der Waals surface area contributed by atoms with Crippen molar-refractivity contribution in [3.05, 3.63) is 65.7 Å². The second-order valence-electron chi connectivity index (χ2n) is 7.47. The number of ketones is 1. The van der Waals surface area contributed by atoms with Gasteiger partial charge in [0.2, 0.25) is 0 Å². The maximum atomic E-state index is 12.2. The third-order valence-corrected chi connectivity index (χ3v) is 4.99. The molecule has 1 heterocycles. The Kier molecular flexibility index (Phi) is 8.18. The lowest BCUT2D eigenvalue weighted by atomic mass is 10.0. The number of benzene rings is 2. The van der Waals surface area contributed by atoms with E-state index in [9.17, 15) is 14.4 Å². The number of rotatable bonds is 10. The van der Waals surface area contributed by atoms with Crippen molar-refractivity contribution in [2.24, 2.45) is 0 Å². The van der Waals surface area contributed by atoms with Crippen LogP contribution in [-0.4, -0.2) is 49.6 Å². The molecule has 0 saturated carbocycles. The largest absolute Gasteiger partial charge is 0.491 e. The Labute approximate surface area is 181 Å². The van der Waals surface area contributed by atoms with Gasteiger partial charge in [0.1, 0.15) is 12.4 Å². The molecule has 2 atom stereocenters. The molecule has 1 amide bonds. The first-order valence-electron chi connectivity index (χ1n) is 10.4. The number of esters is 1. The number of hydrogen-bond acceptors (Lipinski definition) is 6. The highest BCUT2D eigenvalue weighted by Crippen LogP contribution is 2.17. The van der Waals surface area contributed by atoms with Crippen molar-refractivity contribution in [2.45, 2.75) is 38.3 Å². The van der Waals surface area contributed by atoms with Gasteiger partial charge in [-0.2, -0.15) is 0 Å². The van der Waals surface area contributed by atoms with E-state index in [1.54, 1.807) is 24.3 Å². The standard InChI is InChI=1S/C24H27NO6/c1-17(26)22(14-18-6-3-2-4-7-18)25-23(27)16-31-24(28)19-9-11-20(12-10-19)30-15-21-8-5-13-29-21/h2-4,6-7,9-12,21-22H,5,8,13-16H2,1H3,(H,25,27)/t21-,22-/m1/s1. The Morgan fingerprint density at radius 1 is 1.10 bits per heavy atom. The summed E-state index contributed by atoms with van der Waals surface area (Å²) in [6, 6.07) is 15.2. The van der Waals surface area contributed by atoms with E-state index in [0.29, 0.717) is 24.3 Å². The summed E-state index contributed by atoms with van der Waals surface area (Å²) >= 11 is 0. The van der Waals surface area contributed by atoms with E-state index in [1.165, 1.54) is 6.92 Å². The van der Waals surface area contributed by atoms with E-state index in [-0.39, 0.29) is 11.9 Å². The van der Waals surface area contributed by atoms with Gasteiger partial charge in [0.25, 0.3) is 5.91 Å². The Hall–Kier alpha value is -3.19. The lowest BCUT2D eigenvalue weighted by molar-refractivity contribution is -0.128. The first-order valence-corrected chi connectivity index (χ1v) is 10.4. The third-order valence-electron chi connectivity index (χ3n) is 4.99. The minimum atomic E-state index is -0.672. The highest BCUT2D eigenvalue weighted by molar-refractivity contribution is 5.92. The van der Waals surface area contributed by atoms with Gasteiger partial charge in [-0.3, -0.25) is 9.59 Å². The molecule has 2 aromatic carbocycles. The number of carbonyl (C=O) groups is 3. The average Bonchev–Trinajstić information content (AvgIpc) is 3.30. The van der Waals surface area contributed by atoms with Crippen LogP contribution in [0.5, 0.6) is 5.75 Å². The van der Waals surface area contributed by atoms with Gasteiger partial charge < -0.3 is 19.5 Å². The summed E-state index contributed by atoms with van der Waals surface area (Å²) in [5.74, 6) is -0.679. The Balaban J connectivity index is 1.44. The van der Waals surface area contributed by atoms with Crippen molar-refractivity contribution in [3.63, 3.8) is 0 Å². The monoisotopic (exact) mass is 425 g/mol. The maximum absolute atomic E-state index is 12.2. The minimum absolute atomic E-state index is 0.115. The second-order valence-corrected chi connectivity index (χ2v) is 7.47. The lowest BCUT2D eigenvalue weighted by Crippen LogP contribution is -2.43. The fraction of sp³-hybridized carbons (Fsp3) is 0.375. The molecule has 0 unspecified atom stereocenters. The molecule has 0 aromatic heterocycles. The first kappa shape index (κ1) is 22.5. The van der Waals surface area contributed by atoms with Gasteiger partial charge in [0, 0.05) is 6.61 Å². The molecule has 7 nitrogen and oxygen atoms in total. The summed E-state index contributed by atoms with van der Waals surface area (Å²) in [7, 11) is 0. The predicted molar refractivity (Wildman–Crippen MR) is 114 cm³/mol. The van der Waals surface area contributed by atoms with Gasteiger partial charge in [0.15, 0.2) is 12.4 Å². The van der Waals surface area contributed by atoms with Gasteiger partial charge in [-0.25, -0.2) is 4.79 Å². The van der Waals surface area contributed by atoms with E-state index in [2.05, 4.69) is 5.32 Å². The van der Waals surface area contributed by atoms with Crippen molar-refractivity contribution in [1.82, 2.24) is 5.32 Å². The lowest BCUT2D eigenvalue weighted by Gasteiger charge is -2.16. The third kappa shape index (κ3) is 7.22. The maximum Gasteiger partial charge on any atom is 0.338 e. The van der Waals surface area contributed by atoms with Crippen LogP contribution in [0.3, 0.4) is 0 Å². The van der Waals surface area contributed by atoms with Gasteiger partial charge >= 0.3 is 5.97 Å². The molecule has 0 spiro atoms. The minimum Gasteiger partial charge on any atom is -0.491 e. The zero-order chi connectivity index (χ0) is 22.1. The number of carbonyl (C=O) groups excluding carboxylic acids is 3. The topological polar surface area (TPSA) is 90.9 Å². The van der Waals surface area contributed by atoms with Crippen LogP contribution in [0.2, 0.25) is 0 Å². The van der Waals surface area contributed by atoms with Crippen LogP contribution in [0.4, 0.5) is 0 Å². The molecule has 3 rings (SSSR count). The highest BCUT2D eigenvalue weighted by atomic mass is 16.5. The zero-order valence-electron chi connectivity index (χ0n) is 17.5. The Morgan fingerprint density at radius 3 is 2.48 bits per heavy atom. The average molecular weight is 425 g/mol. The molecule has 0 bridgehead atoms. The van der Waals surface area contributed by atoms with Crippen molar-refractivity contribution in [2.75, 3.05) is 19.8 Å². The van der Waals surface area contributed by atoms with Gasteiger partial charge in [-0.1, -0.05) is 30.3 Å². The van der Waals surface area contributed by atoms with Gasteiger partial charge in [-0.05, 0) is 56.0 Å². The summed E-state index contributed by atoms with van der Waals surface area (Å²) in [6.45, 7) is 2.20. The van der Waals surface area contributed by atoms with Crippen LogP contribution < -0.4 is 10.1 Å². The van der Waals surface area contributed by atoms with Crippen LogP contribution >= 0.6 is 0 Å². The molecule has 0 radical (unpaired) electrons. The molecule has 7 heteroatoms. The molecule has 164 valence electrons. The summed E-state index contributed by atoms with van der Waals surface area (Å²) in [5.41, 5.74) is 1.24. The van der Waals surface area contributed by atoms with Crippen molar-refractivity contribution in [1.29, 1.82) is 0 Å². The normalized spacial score (nSPS) is 16.4. The molecule has 2 aromatic rings. The molecule has 31 heavy (non-hydrogen) atoms. The van der Waals surface area contributed by atoms with E-state index in [0.717, 1.165) is 25.0 Å². The molecular formula is C24H27NO6. The molecule has 1 aliphatic heterocycles. The summed E-state index contributed by atoms with van der Waals surface area (Å²) in [6.07, 6.45) is 2.53. The van der Waals surface area contributed by atoms with Gasteiger partial charge in [0.05, 0.1) is 17.7 Å². The van der Waals surface area contributed by atoms with Crippen LogP contribution in [0, 0.1) is 0 Å². The van der Waals surface area contributed by atoms with Crippen LogP contribution in [0.25, 0.3) is 0 Å². The van der Waals surface area contributed by atoms with E-state index in [4.69, 9.17) is 14.2 Å². The van der Waals surface area contributed by atoms with E-state index < -0.39 is 24.5 Å². The number of Topliss-reactive ketones (excluding diaryl/α,β-unsaturated/α-hetero) is 1. The highest BCUT2D eigenvalue weighted by Gasteiger charge is 2.19. The van der Waals surface area contributed by atoms with Crippen LogP contribution in [-0.2, 0) is 25.5 Å². The fourth-order valence-corrected chi connectivity index (χ4v) is 3.25. The van der Waals surface area contributed by atoms with Crippen molar-refractivity contribution >= 4 is 17.7 Å². The number of ether oxygens (including phenoxy) is 3. The Morgan fingerprint density at radius 2 is 1.84 bits per heavy atom. The number of nitrogens with one attached hydrogen (secondary N) is 1. The first-order chi connectivity index (χ1) is 15.0. The van der Waals surface area contributed by atoms with Crippen LogP contribution in [0.15, 0.2) is 54.6 Å². The smallest absolute Gasteiger partial charge is 0.338 e. The molecule has 0 aliphatic carbocycles. The molecular weight excluding hydrogens is 398 g/mol. The summed E-state index contributed by atoms with van der Waals surface area (Å²) in [5, 5.41) is 2.63. The summed E-state index contributed by atoms with van der Waals surface area (Å²) < 4.78 is 16.3. The molecule has 1 fully saturated rings. The van der Waals surface area contributed by atoms with Crippen LogP contribution in [0.1, 0.15) is 35.7 Å². The predicted octanol–water partition coefficient (Wildman–Crippen LogP) is 2.72. The molecule has 1 saturated heterocycles. The number of hydrogen-bond donors (Lipinski definition) is 1. The molecule has 1 aliphatic rings. The van der Waals surface area contributed by atoms with Crippen molar-refractivity contribution in [3.8, 4) is 5.75 Å². The van der Waals surface area contributed by atoms with E-state index in [1.807, 2.05) is 30.3 Å². The number of amides is 1.